The van der Waals surface area contributed by atoms with E-state index in [2.05, 4.69) is 17.0 Å². The highest BCUT2D eigenvalue weighted by molar-refractivity contribution is 8.13. The molecule has 1 fully saturated rings. The highest BCUT2D eigenvalue weighted by Gasteiger charge is 2.46. The number of nitrogens with zero attached hydrogens (tertiary/aromatic N) is 2. The largest absolute Gasteiger partial charge is 0.345 e. The van der Waals surface area contributed by atoms with Gasteiger partial charge in [0.25, 0.3) is 0 Å². The summed E-state index contributed by atoms with van der Waals surface area (Å²) in [6.07, 6.45) is 0.731. The number of amidine groups is 1. The number of aliphatic imine (C=N–C) groups is 1. The molecule has 0 amide bonds. The molecule has 1 saturated heterocycles. The lowest BCUT2D eigenvalue weighted by atomic mass is 10.1. The van der Waals surface area contributed by atoms with Crippen LogP contribution < -0.4 is 0 Å². The molecule has 2 atom stereocenters. The molecule has 142 valence electrons. The second kappa shape index (κ2) is 7.64. The first-order valence-corrected chi connectivity index (χ1v) is 11.8. The van der Waals surface area contributed by atoms with Gasteiger partial charge in [-0.25, -0.2) is 12.8 Å². The van der Waals surface area contributed by atoms with Gasteiger partial charge in [-0.15, -0.1) is 0 Å². The molecule has 27 heavy (non-hydrogen) atoms. The highest BCUT2D eigenvalue weighted by atomic mass is 32.2. The summed E-state index contributed by atoms with van der Waals surface area (Å²) in [5.41, 5.74) is 2.25. The van der Waals surface area contributed by atoms with Crippen molar-refractivity contribution in [2.24, 2.45) is 4.99 Å². The van der Waals surface area contributed by atoms with Crippen LogP contribution >= 0.6 is 11.8 Å². The number of halogens is 1. The van der Waals surface area contributed by atoms with Crippen molar-refractivity contribution in [2.45, 2.75) is 24.3 Å². The van der Waals surface area contributed by atoms with Gasteiger partial charge in [0.05, 0.1) is 23.6 Å². The van der Waals surface area contributed by atoms with Gasteiger partial charge in [0.1, 0.15) is 5.82 Å². The topological polar surface area (TPSA) is 49.7 Å². The Labute approximate surface area is 163 Å². The minimum absolute atomic E-state index is 0.0753. The summed E-state index contributed by atoms with van der Waals surface area (Å²) in [7, 11) is -3.03. The van der Waals surface area contributed by atoms with Gasteiger partial charge in [-0.1, -0.05) is 54.2 Å². The first kappa shape index (κ1) is 18.5. The number of rotatable bonds is 5. The van der Waals surface area contributed by atoms with Gasteiger partial charge < -0.3 is 4.90 Å². The molecule has 4 nitrogen and oxygen atoms in total. The molecule has 0 N–H and O–H groups in total. The minimum atomic E-state index is -3.03. The number of hydrogen-bond acceptors (Lipinski definition) is 5. The van der Waals surface area contributed by atoms with Crippen molar-refractivity contribution in [3.05, 3.63) is 71.5 Å². The molecule has 2 aromatic carbocycles. The fourth-order valence-electron chi connectivity index (χ4n) is 3.59. The van der Waals surface area contributed by atoms with Crippen LogP contribution in [0.1, 0.15) is 11.1 Å². The fraction of sp³-hybridized carbons (Fsp3) is 0.350. The molecular weight excluding hydrogens is 383 g/mol. The van der Waals surface area contributed by atoms with E-state index in [1.54, 1.807) is 23.9 Å². The molecule has 7 heteroatoms. The maximum Gasteiger partial charge on any atom is 0.160 e. The molecule has 2 unspecified atom stereocenters. The smallest absolute Gasteiger partial charge is 0.160 e. The molecule has 2 aliphatic heterocycles. The number of benzene rings is 2. The molecule has 0 saturated carbocycles. The Balaban J connectivity index is 1.48. The maximum absolute atomic E-state index is 13.1. The zero-order valence-electron chi connectivity index (χ0n) is 14.8. The summed E-state index contributed by atoms with van der Waals surface area (Å²) >= 11 is 1.66. The lowest BCUT2D eigenvalue weighted by Gasteiger charge is -2.26. The SMILES string of the molecule is O=S1(=O)CC2N=C(SCc3ccccc3)N(CCc3ccc(F)cc3)C2C1. The Morgan fingerprint density at radius 3 is 2.52 bits per heavy atom. The van der Waals surface area contributed by atoms with Crippen LogP contribution in [0.25, 0.3) is 0 Å². The molecule has 0 spiro atoms. The first-order valence-electron chi connectivity index (χ1n) is 8.96. The average Bonchev–Trinajstić information content (AvgIpc) is 3.12. The summed E-state index contributed by atoms with van der Waals surface area (Å²) in [5, 5.41) is 0.922. The van der Waals surface area contributed by atoms with E-state index in [0.717, 1.165) is 22.9 Å². The van der Waals surface area contributed by atoms with Crippen molar-refractivity contribution < 1.29 is 12.8 Å². The monoisotopic (exact) mass is 404 g/mol. The molecular formula is C20H21FN2O2S2. The van der Waals surface area contributed by atoms with E-state index >= 15 is 0 Å². The number of sulfone groups is 1. The van der Waals surface area contributed by atoms with Crippen LogP contribution in [0.4, 0.5) is 4.39 Å². The second-order valence-electron chi connectivity index (χ2n) is 6.97. The second-order valence-corrected chi connectivity index (χ2v) is 10.1. The normalized spacial score (nSPS) is 23.3. The molecule has 2 aromatic rings. The third kappa shape index (κ3) is 4.35. The third-order valence-corrected chi connectivity index (χ3v) is 7.76. The Bertz CT molecular complexity index is 930. The molecule has 4 rings (SSSR count). The summed E-state index contributed by atoms with van der Waals surface area (Å²) < 4.78 is 37.2. The van der Waals surface area contributed by atoms with Crippen LogP contribution in [0, 0.1) is 5.82 Å². The lowest BCUT2D eigenvalue weighted by molar-refractivity contribution is 0.352. The number of fused-ring (bicyclic) bond motifs is 1. The van der Waals surface area contributed by atoms with Gasteiger partial charge in [0.2, 0.25) is 0 Å². The van der Waals surface area contributed by atoms with Crippen LogP contribution in [0.3, 0.4) is 0 Å². The van der Waals surface area contributed by atoms with E-state index in [1.807, 2.05) is 18.2 Å². The summed E-state index contributed by atoms with van der Waals surface area (Å²) in [6, 6.07) is 16.4. The van der Waals surface area contributed by atoms with E-state index in [-0.39, 0.29) is 29.4 Å². The average molecular weight is 405 g/mol. The Hall–Kier alpha value is -1.86. The van der Waals surface area contributed by atoms with Crippen LogP contribution in [-0.4, -0.2) is 48.6 Å². The summed E-state index contributed by atoms with van der Waals surface area (Å²) in [4.78, 5) is 6.88. The standard InChI is InChI=1S/C20H21FN2O2S2/c21-17-8-6-15(7-9-17)10-11-23-19-14-27(24,25)13-18(19)22-20(23)26-12-16-4-2-1-3-5-16/h1-9,18-19H,10-14H2. The third-order valence-electron chi connectivity index (χ3n) is 4.98. The lowest BCUT2D eigenvalue weighted by Crippen LogP contribution is -2.40. The van der Waals surface area contributed by atoms with Gasteiger partial charge in [-0.2, -0.15) is 0 Å². The predicted octanol–water partition coefficient (Wildman–Crippen LogP) is 3.14. The van der Waals surface area contributed by atoms with Gasteiger partial charge in [-0.05, 0) is 29.7 Å². The van der Waals surface area contributed by atoms with Crippen LogP contribution in [-0.2, 0) is 22.0 Å². The van der Waals surface area contributed by atoms with Crippen LogP contribution in [0.15, 0.2) is 59.6 Å². The summed E-state index contributed by atoms with van der Waals surface area (Å²) in [6.45, 7) is 0.683. The van der Waals surface area contributed by atoms with E-state index < -0.39 is 9.84 Å². The Morgan fingerprint density at radius 2 is 1.78 bits per heavy atom. The number of hydrogen-bond donors (Lipinski definition) is 0. The molecule has 2 aliphatic rings. The molecule has 0 radical (unpaired) electrons. The van der Waals surface area contributed by atoms with Gasteiger partial charge in [0, 0.05) is 12.3 Å². The fourth-order valence-corrected chi connectivity index (χ4v) is 6.56. The molecule has 0 aromatic heterocycles. The Kier molecular flexibility index (Phi) is 5.23. The minimum Gasteiger partial charge on any atom is -0.345 e. The van der Waals surface area contributed by atoms with Crippen molar-refractivity contribution in [1.29, 1.82) is 0 Å². The summed E-state index contributed by atoms with van der Waals surface area (Å²) in [5.74, 6) is 0.862. The van der Waals surface area contributed by atoms with E-state index in [1.165, 1.54) is 17.7 Å². The van der Waals surface area contributed by atoms with Gasteiger partial charge in [0.15, 0.2) is 15.0 Å². The van der Waals surface area contributed by atoms with Crippen LogP contribution in [0.5, 0.6) is 0 Å². The van der Waals surface area contributed by atoms with Crippen molar-refractivity contribution in [1.82, 2.24) is 4.90 Å². The quantitative estimate of drug-likeness (QED) is 0.768. The van der Waals surface area contributed by atoms with Crippen molar-refractivity contribution >= 4 is 26.8 Å². The zero-order valence-corrected chi connectivity index (χ0v) is 16.4. The molecule has 0 aliphatic carbocycles. The first-order chi connectivity index (χ1) is 13.0. The molecule has 2 heterocycles. The van der Waals surface area contributed by atoms with E-state index in [9.17, 15) is 12.8 Å². The Morgan fingerprint density at radius 1 is 1.04 bits per heavy atom. The predicted molar refractivity (Wildman–Crippen MR) is 108 cm³/mol. The van der Waals surface area contributed by atoms with E-state index in [0.29, 0.717) is 6.54 Å². The van der Waals surface area contributed by atoms with Crippen molar-refractivity contribution in [2.75, 3.05) is 18.1 Å². The molecule has 0 bridgehead atoms. The van der Waals surface area contributed by atoms with E-state index in [4.69, 9.17) is 4.99 Å². The number of thioether (sulfide) groups is 1. The maximum atomic E-state index is 13.1. The highest BCUT2D eigenvalue weighted by Crippen LogP contribution is 2.32. The van der Waals surface area contributed by atoms with Crippen molar-refractivity contribution in [3.63, 3.8) is 0 Å². The van der Waals surface area contributed by atoms with Gasteiger partial charge >= 0.3 is 0 Å². The van der Waals surface area contributed by atoms with Gasteiger partial charge in [-0.3, -0.25) is 4.99 Å². The van der Waals surface area contributed by atoms with Crippen molar-refractivity contribution in [3.8, 4) is 0 Å². The zero-order chi connectivity index (χ0) is 18.9. The van der Waals surface area contributed by atoms with Crippen LogP contribution in [0.2, 0.25) is 0 Å².